The highest BCUT2D eigenvalue weighted by molar-refractivity contribution is 5.99. The number of hydrogen-bond acceptors (Lipinski definition) is 13. The van der Waals surface area contributed by atoms with Crippen molar-refractivity contribution in [3.8, 4) is 0 Å². The highest BCUT2D eigenvalue weighted by Crippen LogP contribution is 2.17. The van der Waals surface area contributed by atoms with Crippen molar-refractivity contribution >= 4 is 59.2 Å². The molecule has 1 aliphatic rings. The topological polar surface area (TPSA) is 337 Å². The van der Waals surface area contributed by atoms with E-state index in [-0.39, 0.29) is 55.8 Å². The van der Waals surface area contributed by atoms with Crippen molar-refractivity contribution in [2.45, 2.75) is 227 Å². The van der Waals surface area contributed by atoms with E-state index in [1.807, 2.05) is 0 Å². The summed E-state index contributed by atoms with van der Waals surface area (Å²) >= 11 is 0. The average Bonchev–Trinajstić information content (AvgIpc) is 3.28. The number of ether oxygens (including phenoxy) is 1. The first-order valence-electron chi connectivity index (χ1n) is 26.3. The van der Waals surface area contributed by atoms with Gasteiger partial charge in [0.25, 0.3) is 0 Å². The molecule has 11 atom stereocenters. The average molecular weight is 1040 g/mol. The van der Waals surface area contributed by atoms with Crippen molar-refractivity contribution in [2.75, 3.05) is 6.61 Å². The standard InChI is InChI=1S/C51H90N8O14/c1-13-15-16-17-18-19-33(61)24-40(62)52-34(20-27(3)4)44(65)55-38(25-41(63)64)48(69)59-43-32(12)73-51(72)42(31(11)14-2)58-47(68)37(23-30(9)10)54-49(70)39(26-60)57-46(67)35(21-28(5)6)53-45(66)36(22-29(7)8)56-50(43)71/h27-39,42-43,60-61H,13-26H2,1-12H3,(H,52,62)(H,53,66)(H,54,70)(H,55,65)(H,56,71)(H,57,67)(H,58,68)(H,59,69)(H,63,64). The van der Waals surface area contributed by atoms with E-state index in [0.717, 1.165) is 25.7 Å². The van der Waals surface area contributed by atoms with E-state index in [0.29, 0.717) is 19.3 Å². The van der Waals surface area contributed by atoms with Crippen molar-refractivity contribution in [1.82, 2.24) is 42.5 Å². The van der Waals surface area contributed by atoms with Gasteiger partial charge in [0.05, 0.1) is 25.6 Å². The Balaban J connectivity index is 3.89. The van der Waals surface area contributed by atoms with Crippen LogP contribution in [-0.4, -0.2) is 142 Å². The number of rotatable bonds is 26. The molecule has 8 amide bonds. The zero-order valence-corrected chi connectivity index (χ0v) is 45.4. The first-order chi connectivity index (χ1) is 34.1. The second-order valence-corrected chi connectivity index (χ2v) is 21.3. The molecule has 1 fully saturated rings. The van der Waals surface area contributed by atoms with Crippen LogP contribution in [0.25, 0.3) is 0 Å². The third-order valence-corrected chi connectivity index (χ3v) is 12.4. The molecule has 0 radical (unpaired) electrons. The molecule has 418 valence electrons. The maximum Gasteiger partial charge on any atom is 0.329 e. The summed E-state index contributed by atoms with van der Waals surface area (Å²) in [7, 11) is 0. The Kier molecular flexibility index (Phi) is 30.1. The van der Waals surface area contributed by atoms with E-state index >= 15 is 0 Å². The summed E-state index contributed by atoms with van der Waals surface area (Å²) < 4.78 is 5.84. The van der Waals surface area contributed by atoms with Crippen LogP contribution in [0.4, 0.5) is 0 Å². The van der Waals surface area contributed by atoms with Gasteiger partial charge in [0, 0.05) is 0 Å². The number of hydrogen-bond donors (Lipinski definition) is 11. The van der Waals surface area contributed by atoms with E-state index in [1.54, 1.807) is 69.2 Å². The highest BCUT2D eigenvalue weighted by atomic mass is 16.5. The fraction of sp³-hybridized carbons (Fsp3) is 0.804. The van der Waals surface area contributed by atoms with E-state index in [1.165, 1.54) is 6.92 Å². The van der Waals surface area contributed by atoms with Gasteiger partial charge in [-0.25, -0.2) is 4.79 Å². The van der Waals surface area contributed by atoms with Crippen LogP contribution in [0.15, 0.2) is 0 Å². The maximum atomic E-state index is 14.6. The number of carbonyl (C=O) groups excluding carboxylic acids is 9. The molecule has 11 N–H and O–H groups in total. The molecule has 0 aliphatic carbocycles. The van der Waals surface area contributed by atoms with Gasteiger partial charge in [0.15, 0.2) is 0 Å². The van der Waals surface area contributed by atoms with Gasteiger partial charge in [-0.3, -0.25) is 43.2 Å². The lowest BCUT2D eigenvalue weighted by molar-refractivity contribution is -0.157. The summed E-state index contributed by atoms with van der Waals surface area (Å²) in [6, 6.07) is -12.0. The Morgan fingerprint density at radius 2 is 1.08 bits per heavy atom. The molecule has 0 saturated carbocycles. The molecule has 73 heavy (non-hydrogen) atoms. The Morgan fingerprint density at radius 1 is 0.603 bits per heavy atom. The molecule has 1 heterocycles. The summed E-state index contributed by atoms with van der Waals surface area (Å²) in [5.41, 5.74) is 0. The Bertz CT molecular complexity index is 1830. The van der Waals surface area contributed by atoms with E-state index < -0.39 is 139 Å². The van der Waals surface area contributed by atoms with Crippen LogP contribution in [-0.2, 0) is 52.7 Å². The van der Waals surface area contributed by atoms with E-state index in [4.69, 9.17) is 4.74 Å². The third kappa shape index (κ3) is 24.9. The molecular formula is C51H90N8O14. The highest BCUT2D eigenvalue weighted by Gasteiger charge is 2.40. The van der Waals surface area contributed by atoms with Crippen molar-refractivity contribution in [1.29, 1.82) is 0 Å². The van der Waals surface area contributed by atoms with Gasteiger partial charge >= 0.3 is 11.9 Å². The fourth-order valence-corrected chi connectivity index (χ4v) is 8.19. The Morgan fingerprint density at radius 3 is 1.55 bits per heavy atom. The number of carboxylic acids is 1. The van der Waals surface area contributed by atoms with Crippen molar-refractivity contribution in [2.24, 2.45) is 29.6 Å². The normalized spacial score (nSPS) is 23.6. The summed E-state index contributed by atoms with van der Waals surface area (Å²) in [5.74, 6) is -11.4. The number of aliphatic carboxylic acids is 1. The number of unbranched alkanes of at least 4 members (excludes halogenated alkanes) is 4. The van der Waals surface area contributed by atoms with Gasteiger partial charge in [-0.1, -0.05) is 115 Å². The van der Waals surface area contributed by atoms with Crippen LogP contribution in [0.1, 0.15) is 167 Å². The predicted molar refractivity (Wildman–Crippen MR) is 272 cm³/mol. The van der Waals surface area contributed by atoms with Crippen LogP contribution in [0.5, 0.6) is 0 Å². The Hall–Kier alpha value is -5.38. The first-order valence-corrected chi connectivity index (χ1v) is 26.3. The molecule has 22 nitrogen and oxygen atoms in total. The molecule has 1 aliphatic heterocycles. The number of carboxylic acid groups (broad SMARTS) is 1. The number of nitrogens with one attached hydrogen (secondary N) is 8. The zero-order valence-electron chi connectivity index (χ0n) is 45.4. The summed E-state index contributed by atoms with van der Waals surface area (Å²) in [4.78, 5) is 138. The molecule has 11 unspecified atom stereocenters. The monoisotopic (exact) mass is 1040 g/mol. The third-order valence-electron chi connectivity index (χ3n) is 12.4. The number of aliphatic hydroxyl groups is 2. The van der Waals surface area contributed by atoms with Crippen LogP contribution in [0.3, 0.4) is 0 Å². The lowest BCUT2D eigenvalue weighted by Crippen LogP contribution is -2.62. The maximum absolute atomic E-state index is 14.6. The molecule has 22 heteroatoms. The summed E-state index contributed by atoms with van der Waals surface area (Å²) in [6.07, 6.45) is 1.60. The molecule has 0 aromatic rings. The fourth-order valence-electron chi connectivity index (χ4n) is 8.19. The number of carbonyl (C=O) groups is 10. The minimum atomic E-state index is -1.90. The molecular weight excluding hydrogens is 949 g/mol. The van der Waals surface area contributed by atoms with Gasteiger partial charge in [-0.15, -0.1) is 0 Å². The number of cyclic esters (lactones) is 1. The molecule has 1 rings (SSSR count). The van der Waals surface area contributed by atoms with Gasteiger partial charge in [-0.2, -0.15) is 0 Å². The number of esters is 1. The van der Waals surface area contributed by atoms with Crippen molar-refractivity contribution in [3.63, 3.8) is 0 Å². The van der Waals surface area contributed by atoms with Gasteiger partial charge in [0.1, 0.15) is 54.4 Å². The van der Waals surface area contributed by atoms with Crippen molar-refractivity contribution in [3.05, 3.63) is 0 Å². The van der Waals surface area contributed by atoms with Crippen molar-refractivity contribution < 1.29 is 68.0 Å². The second-order valence-electron chi connectivity index (χ2n) is 21.3. The molecule has 1 saturated heterocycles. The van der Waals surface area contributed by atoms with E-state index in [2.05, 4.69) is 49.5 Å². The molecule has 0 bridgehead atoms. The Labute approximate surface area is 431 Å². The lowest BCUT2D eigenvalue weighted by Gasteiger charge is -2.31. The smallest absolute Gasteiger partial charge is 0.329 e. The van der Waals surface area contributed by atoms with Crippen LogP contribution >= 0.6 is 0 Å². The SMILES string of the molecule is CCCCCCCC(O)CC(=O)NC(CC(C)C)C(=O)NC(CC(=O)O)C(=O)NC1C(=O)NC(CC(C)C)C(=O)NC(CC(C)C)C(=O)NC(CO)C(=O)NC(CC(C)C)C(=O)NC(C(C)CC)C(=O)OC1C. The second kappa shape index (κ2) is 33.4. The van der Waals surface area contributed by atoms with Gasteiger partial charge in [0.2, 0.25) is 47.3 Å². The minimum Gasteiger partial charge on any atom is -0.481 e. The largest absolute Gasteiger partial charge is 0.481 e. The number of aliphatic hydroxyl groups excluding tert-OH is 2. The predicted octanol–water partition coefficient (Wildman–Crippen LogP) is 1.62. The zero-order chi connectivity index (χ0) is 55.7. The lowest BCUT2D eigenvalue weighted by atomic mass is 9.97. The molecule has 0 aromatic carbocycles. The number of amides is 8. The minimum absolute atomic E-state index is 0.0277. The van der Waals surface area contributed by atoms with Gasteiger partial charge < -0.3 is 62.6 Å². The van der Waals surface area contributed by atoms with Crippen LogP contribution < -0.4 is 42.5 Å². The van der Waals surface area contributed by atoms with E-state index in [9.17, 15) is 63.3 Å². The summed E-state index contributed by atoms with van der Waals surface area (Å²) in [6.45, 7) is 20.0. The van der Waals surface area contributed by atoms with Gasteiger partial charge in [-0.05, 0) is 68.6 Å². The summed E-state index contributed by atoms with van der Waals surface area (Å²) in [5, 5.41) is 51.1. The first kappa shape index (κ1) is 65.6. The van der Waals surface area contributed by atoms with Crippen LogP contribution in [0, 0.1) is 29.6 Å². The quantitative estimate of drug-likeness (QED) is 0.0434. The van der Waals surface area contributed by atoms with Crippen LogP contribution in [0.2, 0.25) is 0 Å². The molecule has 0 aromatic heterocycles. The molecule has 0 spiro atoms.